The van der Waals surface area contributed by atoms with Gasteiger partial charge in [-0.2, -0.15) is 14.7 Å². The summed E-state index contributed by atoms with van der Waals surface area (Å²) in [5.74, 6) is -0.507. The molecule has 208 valence electrons. The molecule has 1 aliphatic heterocycles. The molecule has 0 bridgehead atoms. The summed E-state index contributed by atoms with van der Waals surface area (Å²) in [5.41, 5.74) is 3.17. The zero-order valence-corrected chi connectivity index (χ0v) is 23.4. The van der Waals surface area contributed by atoms with Crippen LogP contribution < -0.4 is 5.32 Å². The van der Waals surface area contributed by atoms with Gasteiger partial charge in [0.2, 0.25) is 10.0 Å². The lowest BCUT2D eigenvalue weighted by Gasteiger charge is -2.20. The van der Waals surface area contributed by atoms with Crippen LogP contribution in [0.2, 0.25) is 0 Å². The van der Waals surface area contributed by atoms with Crippen molar-refractivity contribution in [2.45, 2.75) is 37.1 Å². The number of amides is 1. The van der Waals surface area contributed by atoms with Crippen molar-refractivity contribution in [3.63, 3.8) is 0 Å². The number of benzene rings is 3. The van der Waals surface area contributed by atoms with E-state index in [0.29, 0.717) is 29.9 Å². The number of nitrogens with one attached hydrogen (secondary N) is 1. The Kier molecular flexibility index (Phi) is 8.73. The molecule has 4 aromatic rings. The Hall–Kier alpha value is -4.52. The highest BCUT2D eigenvalue weighted by molar-refractivity contribution is 7.89. The van der Waals surface area contributed by atoms with Gasteiger partial charge in [-0.25, -0.2) is 13.1 Å². The summed E-state index contributed by atoms with van der Waals surface area (Å²) in [6.07, 6.45) is 6.98. The summed E-state index contributed by atoms with van der Waals surface area (Å²) < 4.78 is 30.3. The van der Waals surface area contributed by atoms with Crippen LogP contribution in [0.4, 0.5) is 0 Å². The molecule has 8 nitrogen and oxygen atoms in total. The highest BCUT2D eigenvalue weighted by atomic mass is 32.2. The summed E-state index contributed by atoms with van der Waals surface area (Å²) in [6, 6.07) is 27.6. The van der Waals surface area contributed by atoms with Crippen LogP contribution in [-0.2, 0) is 21.4 Å². The van der Waals surface area contributed by atoms with Gasteiger partial charge in [-0.05, 0) is 48.7 Å². The summed E-state index contributed by atoms with van der Waals surface area (Å²) in [6.45, 7) is 1.30. The van der Waals surface area contributed by atoms with Crippen molar-refractivity contribution in [3.8, 4) is 23.0 Å². The molecular formula is C32H31N5O3S. The molecule has 9 heteroatoms. The van der Waals surface area contributed by atoms with Crippen LogP contribution in [0.25, 0.3) is 23.0 Å². The zero-order chi connectivity index (χ0) is 28.7. The number of para-hydroxylation sites is 1. The maximum atomic E-state index is 13.5. The molecule has 2 heterocycles. The lowest BCUT2D eigenvalue weighted by Crippen LogP contribution is -2.31. The number of carbonyl (C=O) groups excluding carboxylic acids is 1. The van der Waals surface area contributed by atoms with Crippen LogP contribution in [0.1, 0.15) is 36.8 Å². The summed E-state index contributed by atoms with van der Waals surface area (Å²) in [4.78, 5) is 13.1. The second-order valence-electron chi connectivity index (χ2n) is 9.90. The Balaban J connectivity index is 1.52. The highest BCUT2D eigenvalue weighted by Crippen LogP contribution is 2.29. The third-order valence-corrected chi connectivity index (χ3v) is 8.93. The molecule has 1 aliphatic rings. The summed E-state index contributed by atoms with van der Waals surface area (Å²) in [7, 11) is -3.68. The molecule has 0 spiro atoms. The van der Waals surface area contributed by atoms with Gasteiger partial charge >= 0.3 is 0 Å². The topological polar surface area (TPSA) is 108 Å². The first-order valence-electron chi connectivity index (χ1n) is 13.7. The first-order valence-corrected chi connectivity index (χ1v) is 15.1. The van der Waals surface area contributed by atoms with E-state index in [2.05, 4.69) is 5.32 Å². The average Bonchev–Trinajstić information content (AvgIpc) is 3.23. The van der Waals surface area contributed by atoms with Gasteiger partial charge in [0.25, 0.3) is 5.91 Å². The van der Waals surface area contributed by atoms with Crippen LogP contribution in [0.15, 0.2) is 102 Å². The molecule has 1 saturated heterocycles. The minimum atomic E-state index is -3.68. The van der Waals surface area contributed by atoms with Gasteiger partial charge in [-0.3, -0.25) is 4.79 Å². The average molecular weight is 566 g/mol. The first-order chi connectivity index (χ1) is 20.0. The summed E-state index contributed by atoms with van der Waals surface area (Å²) >= 11 is 0. The van der Waals surface area contributed by atoms with E-state index < -0.39 is 15.9 Å². The molecule has 0 atom stereocenters. The Labute approximate surface area is 240 Å². The number of carbonyl (C=O) groups is 1. The lowest BCUT2D eigenvalue weighted by atomic mass is 10.1. The van der Waals surface area contributed by atoms with Crippen LogP contribution in [0, 0.1) is 11.3 Å². The Morgan fingerprint density at radius 2 is 1.61 bits per heavy atom. The number of sulfonamides is 1. The fraction of sp³-hybridized carbons (Fsp3) is 0.219. The van der Waals surface area contributed by atoms with Crippen molar-refractivity contribution in [2.24, 2.45) is 0 Å². The Morgan fingerprint density at radius 1 is 0.927 bits per heavy atom. The van der Waals surface area contributed by atoms with E-state index in [1.807, 2.05) is 66.7 Å². The van der Waals surface area contributed by atoms with Gasteiger partial charge in [0.1, 0.15) is 17.3 Å². The van der Waals surface area contributed by atoms with Gasteiger partial charge < -0.3 is 5.32 Å². The minimum Gasteiger partial charge on any atom is -0.347 e. The molecule has 0 saturated carbocycles. The fourth-order valence-corrected chi connectivity index (χ4v) is 6.41. The molecular weight excluding hydrogens is 534 g/mol. The van der Waals surface area contributed by atoms with Gasteiger partial charge in [-0.15, -0.1) is 0 Å². The van der Waals surface area contributed by atoms with Crippen molar-refractivity contribution in [1.29, 1.82) is 5.26 Å². The van der Waals surface area contributed by atoms with Crippen LogP contribution in [0.5, 0.6) is 0 Å². The van der Waals surface area contributed by atoms with Gasteiger partial charge in [0.05, 0.1) is 10.6 Å². The standard InChI is InChI=1S/C32H31N5O3S/c33-22-27(32(38)34-23-25-12-5-3-6-13-25)20-28-24-37(29-15-7-4-8-16-29)35-31(28)26-14-11-17-30(21-26)41(39,40)36-18-9-1-2-10-19-36/h3-8,11-17,20-21,24H,1-2,9-10,18-19,23H2,(H,34,38)/b27-20-. The number of hydrogen-bond acceptors (Lipinski definition) is 5. The number of hydrogen-bond donors (Lipinski definition) is 1. The van der Waals surface area contributed by atoms with Crippen molar-refractivity contribution >= 4 is 22.0 Å². The lowest BCUT2D eigenvalue weighted by molar-refractivity contribution is -0.117. The molecule has 1 aromatic heterocycles. The highest BCUT2D eigenvalue weighted by Gasteiger charge is 2.26. The minimum absolute atomic E-state index is 0.0804. The van der Waals surface area contributed by atoms with E-state index in [0.717, 1.165) is 36.9 Å². The van der Waals surface area contributed by atoms with E-state index in [4.69, 9.17) is 5.10 Å². The normalized spacial score (nSPS) is 14.7. The molecule has 41 heavy (non-hydrogen) atoms. The van der Waals surface area contributed by atoms with Crippen molar-refractivity contribution < 1.29 is 13.2 Å². The third-order valence-electron chi connectivity index (χ3n) is 7.03. The van der Waals surface area contributed by atoms with E-state index >= 15 is 0 Å². The van der Waals surface area contributed by atoms with Gasteiger partial charge in [0.15, 0.2) is 0 Å². The van der Waals surface area contributed by atoms with Crippen molar-refractivity contribution in [1.82, 2.24) is 19.4 Å². The molecule has 3 aromatic carbocycles. The van der Waals surface area contributed by atoms with Gasteiger partial charge in [0, 0.05) is 37.0 Å². The smallest absolute Gasteiger partial charge is 0.262 e. The molecule has 0 unspecified atom stereocenters. The molecule has 0 aliphatic carbocycles. The van der Waals surface area contributed by atoms with Crippen molar-refractivity contribution in [3.05, 3.63) is 108 Å². The van der Waals surface area contributed by atoms with E-state index in [1.165, 1.54) is 6.08 Å². The quantitative estimate of drug-likeness (QED) is 0.230. The first kappa shape index (κ1) is 28.0. The maximum Gasteiger partial charge on any atom is 0.262 e. The Morgan fingerprint density at radius 3 is 2.29 bits per heavy atom. The number of nitrogens with zero attached hydrogens (tertiary/aromatic N) is 4. The Bertz CT molecular complexity index is 1680. The second-order valence-corrected chi connectivity index (χ2v) is 11.8. The van der Waals surface area contributed by atoms with E-state index in [9.17, 15) is 18.5 Å². The van der Waals surface area contributed by atoms with Crippen LogP contribution in [0.3, 0.4) is 0 Å². The van der Waals surface area contributed by atoms with Crippen LogP contribution >= 0.6 is 0 Å². The molecule has 5 rings (SSSR count). The molecule has 0 radical (unpaired) electrons. The predicted molar refractivity (Wildman–Crippen MR) is 158 cm³/mol. The van der Waals surface area contributed by atoms with Gasteiger partial charge in [-0.1, -0.05) is 73.5 Å². The number of rotatable bonds is 8. The molecule has 1 N–H and O–H groups in total. The van der Waals surface area contributed by atoms with Crippen molar-refractivity contribution in [2.75, 3.05) is 13.1 Å². The molecule has 1 fully saturated rings. The largest absolute Gasteiger partial charge is 0.347 e. The monoisotopic (exact) mass is 565 g/mol. The van der Waals surface area contributed by atoms with Crippen LogP contribution in [-0.4, -0.2) is 41.5 Å². The fourth-order valence-electron chi connectivity index (χ4n) is 4.84. The number of aromatic nitrogens is 2. The second kappa shape index (κ2) is 12.8. The van der Waals surface area contributed by atoms with E-state index in [1.54, 1.807) is 39.4 Å². The number of nitriles is 1. The summed E-state index contributed by atoms with van der Waals surface area (Å²) in [5, 5.41) is 17.4. The third kappa shape index (κ3) is 6.62. The predicted octanol–water partition coefficient (Wildman–Crippen LogP) is 5.33. The SMILES string of the molecule is N#C/C(=C/c1cn(-c2ccccc2)nc1-c1cccc(S(=O)(=O)N2CCCCCC2)c1)C(=O)NCc1ccccc1. The van der Waals surface area contributed by atoms with E-state index in [-0.39, 0.29) is 17.0 Å². The molecule has 1 amide bonds. The zero-order valence-electron chi connectivity index (χ0n) is 22.6. The maximum absolute atomic E-state index is 13.5.